The third-order valence-electron chi connectivity index (χ3n) is 1.82. The molecule has 0 aliphatic heterocycles. The topological polar surface area (TPSA) is 57.5 Å². The summed E-state index contributed by atoms with van der Waals surface area (Å²) in [5.41, 5.74) is 0.392. The molecule has 0 aliphatic carbocycles. The van der Waals surface area contributed by atoms with Gasteiger partial charge in [-0.25, -0.2) is 0 Å². The molecule has 3 nitrogen and oxygen atoms in total. The Kier molecular flexibility index (Phi) is 16.6. The van der Waals surface area contributed by atoms with E-state index in [0.29, 0.717) is 11.8 Å². The molecule has 0 aliphatic rings. The van der Waals surface area contributed by atoms with Crippen LogP contribution in [0.5, 0.6) is 0 Å². The first-order valence-corrected chi connectivity index (χ1v) is 6.05. The largest absolute Gasteiger partial charge is 0.481 e. The van der Waals surface area contributed by atoms with Crippen molar-refractivity contribution in [3.63, 3.8) is 0 Å². The summed E-state index contributed by atoms with van der Waals surface area (Å²) in [6.07, 6.45) is 4.36. The van der Waals surface area contributed by atoms with Crippen molar-refractivity contribution in [3.05, 3.63) is 0 Å². The summed E-state index contributed by atoms with van der Waals surface area (Å²) >= 11 is 0. The summed E-state index contributed by atoms with van der Waals surface area (Å²) in [5.74, 6) is -0.675. The first-order valence-electron chi connectivity index (χ1n) is 6.05. The second-order valence-electron chi connectivity index (χ2n) is 5.61. The van der Waals surface area contributed by atoms with E-state index < -0.39 is 5.97 Å². The third-order valence-corrected chi connectivity index (χ3v) is 1.82. The molecule has 0 aromatic carbocycles. The molecule has 0 amide bonds. The van der Waals surface area contributed by atoms with Gasteiger partial charge in [-0.3, -0.25) is 4.79 Å². The number of rotatable bonds is 5. The van der Waals surface area contributed by atoms with E-state index in [2.05, 4.69) is 20.8 Å². The van der Waals surface area contributed by atoms with Gasteiger partial charge >= 0.3 is 5.97 Å². The van der Waals surface area contributed by atoms with Crippen molar-refractivity contribution in [2.24, 2.45) is 5.41 Å². The van der Waals surface area contributed by atoms with E-state index in [-0.39, 0.29) is 27.8 Å². The molecule has 0 fully saturated rings. The second kappa shape index (κ2) is 12.6. The zero-order valence-electron chi connectivity index (χ0n) is 11.9. The Balaban J connectivity index is -0.000000340. The molecular weight excluding hydrogens is 252 g/mol. The van der Waals surface area contributed by atoms with E-state index in [0.717, 1.165) is 19.3 Å². The number of aliphatic carboxylic acids is 1. The van der Waals surface area contributed by atoms with Crippen molar-refractivity contribution in [3.8, 4) is 0 Å². The average molecular weight is 280 g/mol. The molecule has 0 rings (SSSR count). The van der Waals surface area contributed by atoms with Crippen LogP contribution in [0.2, 0.25) is 0 Å². The molecule has 102 valence electrons. The van der Waals surface area contributed by atoms with Gasteiger partial charge in [0.25, 0.3) is 0 Å². The fraction of sp³-hybridized carbons (Fsp3) is 0.923. The molecule has 0 saturated heterocycles. The number of carboxylic acid groups (broad SMARTS) is 1. The molecule has 0 bridgehead atoms. The van der Waals surface area contributed by atoms with E-state index >= 15 is 0 Å². The van der Waals surface area contributed by atoms with Gasteiger partial charge in [0.2, 0.25) is 0 Å². The Morgan fingerprint density at radius 1 is 1.12 bits per heavy atom. The van der Waals surface area contributed by atoms with Crippen LogP contribution >= 0.6 is 0 Å². The van der Waals surface area contributed by atoms with Crippen LogP contribution < -0.4 is 0 Å². The van der Waals surface area contributed by atoms with E-state index in [1.807, 2.05) is 0 Å². The predicted octanol–water partition coefficient (Wildman–Crippen LogP) is 3.45. The van der Waals surface area contributed by atoms with Crippen LogP contribution in [0.4, 0.5) is 0 Å². The molecule has 0 aromatic rings. The molecule has 0 saturated carbocycles. The van der Waals surface area contributed by atoms with Gasteiger partial charge in [-0.2, -0.15) is 0 Å². The molecule has 4 heteroatoms. The van der Waals surface area contributed by atoms with E-state index in [9.17, 15) is 4.79 Å². The fourth-order valence-corrected chi connectivity index (χ4v) is 1.11. The van der Waals surface area contributed by atoms with Crippen molar-refractivity contribution in [2.45, 2.75) is 72.8 Å². The van der Waals surface area contributed by atoms with Crippen LogP contribution in [-0.4, -0.2) is 22.3 Å². The Morgan fingerprint density at radius 2 is 1.53 bits per heavy atom. The van der Waals surface area contributed by atoms with Gasteiger partial charge in [0.15, 0.2) is 0 Å². The maximum atomic E-state index is 10.2. The molecule has 2 N–H and O–H groups in total. The maximum Gasteiger partial charge on any atom is 0.303 e. The Morgan fingerprint density at radius 3 is 1.82 bits per heavy atom. The molecule has 0 unspecified atom stereocenters. The smallest absolute Gasteiger partial charge is 0.303 e. The number of carboxylic acids is 1. The molecule has 0 heterocycles. The van der Waals surface area contributed by atoms with Gasteiger partial charge in [-0.1, -0.05) is 33.6 Å². The van der Waals surface area contributed by atoms with Gasteiger partial charge < -0.3 is 10.2 Å². The number of hydrogen-bond donors (Lipinski definition) is 2. The fourth-order valence-electron chi connectivity index (χ4n) is 1.11. The summed E-state index contributed by atoms with van der Waals surface area (Å²) in [6, 6.07) is 0. The summed E-state index contributed by atoms with van der Waals surface area (Å²) in [6.45, 7) is 10.1. The minimum Gasteiger partial charge on any atom is -0.481 e. The van der Waals surface area contributed by atoms with Crippen LogP contribution in [0, 0.1) is 5.41 Å². The number of unbranched alkanes of at least 4 members (excludes halogenated alkanes) is 2. The van der Waals surface area contributed by atoms with Crippen molar-refractivity contribution < 1.29 is 36.7 Å². The Hall–Kier alpha value is 0.144. The van der Waals surface area contributed by atoms with Gasteiger partial charge in [-0.05, 0) is 32.1 Å². The van der Waals surface area contributed by atoms with Crippen LogP contribution in [-0.2, 0) is 26.5 Å². The maximum absolute atomic E-state index is 10.2. The number of aliphatic hydroxyl groups is 1. The van der Waals surface area contributed by atoms with Gasteiger partial charge in [0, 0.05) is 34.2 Å². The molecule has 0 spiro atoms. The van der Waals surface area contributed by atoms with Gasteiger partial charge in [0.1, 0.15) is 0 Å². The molecule has 0 aromatic heterocycles. The number of carbonyl (C=O) groups is 1. The van der Waals surface area contributed by atoms with Crippen LogP contribution in [0.3, 0.4) is 0 Å². The SMILES string of the molecule is CC(C)(C)CCCCCC(=O)O.CC(C)O.[Ti]. The molecule has 0 radical (unpaired) electrons. The first kappa shape index (κ1) is 22.3. The van der Waals surface area contributed by atoms with Crippen molar-refractivity contribution in [2.75, 3.05) is 0 Å². The van der Waals surface area contributed by atoms with Crippen LogP contribution in [0.1, 0.15) is 66.7 Å². The Labute approximate surface area is 121 Å². The third kappa shape index (κ3) is 38.6. The minimum atomic E-state index is -0.675. The number of aliphatic hydroxyl groups excluding tert-OH is 1. The minimum absolute atomic E-state index is 0. The molecule has 0 atom stereocenters. The normalized spacial score (nSPS) is 10.3. The van der Waals surface area contributed by atoms with Gasteiger partial charge in [-0.15, -0.1) is 0 Å². The average Bonchev–Trinajstić information content (AvgIpc) is 1.99. The molecule has 17 heavy (non-hydrogen) atoms. The Bertz CT molecular complexity index is 171. The van der Waals surface area contributed by atoms with E-state index in [4.69, 9.17) is 10.2 Å². The standard InChI is InChI=1S/C10H20O2.C3H8O.Ti/c1-10(2,3)8-6-4-5-7-9(11)12;1-3(2)4;/h4-8H2,1-3H3,(H,11,12);3-4H,1-2H3;. The summed E-state index contributed by atoms with van der Waals surface area (Å²) in [4.78, 5) is 10.2. The zero-order chi connectivity index (χ0) is 13.2. The summed E-state index contributed by atoms with van der Waals surface area (Å²) in [5, 5.41) is 16.4. The monoisotopic (exact) mass is 280 g/mol. The summed E-state index contributed by atoms with van der Waals surface area (Å²) < 4.78 is 0. The van der Waals surface area contributed by atoms with Gasteiger partial charge in [0.05, 0.1) is 0 Å². The van der Waals surface area contributed by atoms with Crippen molar-refractivity contribution in [1.29, 1.82) is 0 Å². The quantitative estimate of drug-likeness (QED) is 0.599. The summed E-state index contributed by atoms with van der Waals surface area (Å²) in [7, 11) is 0. The zero-order valence-corrected chi connectivity index (χ0v) is 13.5. The van der Waals surface area contributed by atoms with E-state index in [1.54, 1.807) is 13.8 Å². The second-order valence-corrected chi connectivity index (χ2v) is 5.61. The first-order chi connectivity index (χ1) is 7.15. The van der Waals surface area contributed by atoms with Crippen molar-refractivity contribution >= 4 is 5.97 Å². The predicted molar refractivity (Wildman–Crippen MR) is 67.5 cm³/mol. The van der Waals surface area contributed by atoms with E-state index in [1.165, 1.54) is 6.42 Å². The van der Waals surface area contributed by atoms with Crippen LogP contribution in [0.15, 0.2) is 0 Å². The van der Waals surface area contributed by atoms with Crippen molar-refractivity contribution in [1.82, 2.24) is 0 Å². The molecular formula is C13H28O3Ti. The number of hydrogen-bond acceptors (Lipinski definition) is 2. The van der Waals surface area contributed by atoms with Crippen LogP contribution in [0.25, 0.3) is 0 Å².